The van der Waals surface area contributed by atoms with Crippen molar-refractivity contribution in [3.8, 4) is 0 Å². The molecule has 35 heavy (non-hydrogen) atoms. The highest BCUT2D eigenvalue weighted by Crippen LogP contribution is 2.39. The van der Waals surface area contributed by atoms with Crippen LogP contribution in [0.3, 0.4) is 0 Å². The topological polar surface area (TPSA) is 84.0 Å². The maximum atomic E-state index is 12.6. The lowest BCUT2D eigenvalue weighted by atomic mass is 10.2. The van der Waals surface area contributed by atoms with Gasteiger partial charge in [-0.1, -0.05) is 94.7 Å². The van der Waals surface area contributed by atoms with Gasteiger partial charge in [0.2, 0.25) is 3.79 Å². The number of thioether (sulfide) groups is 2. The number of halogens is 5. The monoisotopic (exact) mass is 608 g/mol. The lowest BCUT2D eigenvalue weighted by molar-refractivity contribution is 0.0942. The number of hydrogen-bond donors (Lipinski definition) is 2. The van der Waals surface area contributed by atoms with Gasteiger partial charge in [-0.05, 0) is 30.3 Å². The SMILES string of the molecule is O=C(N[C@H](Sc1nccc(S[C@@H](NC(=O)c2ccccc2)C(Cl)(Cl)Cl)n1)C(Cl)Cl)c1ccccc1. The van der Waals surface area contributed by atoms with Crippen molar-refractivity contribution in [2.24, 2.45) is 0 Å². The van der Waals surface area contributed by atoms with E-state index in [1.54, 1.807) is 66.7 Å². The number of amides is 2. The highest BCUT2D eigenvalue weighted by atomic mass is 35.6. The zero-order valence-electron chi connectivity index (χ0n) is 17.6. The number of carbonyl (C=O) groups is 2. The van der Waals surface area contributed by atoms with E-state index in [1.165, 1.54) is 6.20 Å². The minimum Gasteiger partial charge on any atom is -0.337 e. The van der Waals surface area contributed by atoms with Gasteiger partial charge in [0, 0.05) is 17.3 Å². The molecule has 184 valence electrons. The summed E-state index contributed by atoms with van der Waals surface area (Å²) in [5.74, 6) is -0.756. The number of hydrogen-bond acceptors (Lipinski definition) is 6. The normalized spacial score (nSPS) is 13.2. The highest BCUT2D eigenvalue weighted by molar-refractivity contribution is 8.00. The van der Waals surface area contributed by atoms with Gasteiger partial charge in [-0.3, -0.25) is 9.59 Å². The Hall–Kier alpha value is -1.39. The number of alkyl halides is 5. The Kier molecular flexibility index (Phi) is 10.7. The van der Waals surface area contributed by atoms with Gasteiger partial charge in [0.1, 0.15) is 20.6 Å². The van der Waals surface area contributed by atoms with Crippen LogP contribution in [0.15, 0.2) is 83.1 Å². The average molecular weight is 611 g/mol. The molecule has 0 bridgehead atoms. The van der Waals surface area contributed by atoms with Crippen LogP contribution >= 0.6 is 81.5 Å². The summed E-state index contributed by atoms with van der Waals surface area (Å²) in [7, 11) is 0. The molecule has 0 saturated heterocycles. The standard InChI is InChI=1S/C22H17Cl5N4O2S2/c23-16(24)19(30-17(32)13-7-3-1-4-8-13)35-21-28-12-11-15(29-21)34-20(22(25,26)27)31-18(33)14-9-5-2-6-10-14/h1-12,16,19-20H,(H,30,32)(H,31,33)/t19-,20-/m1/s1. The lowest BCUT2D eigenvalue weighted by Gasteiger charge is -2.25. The van der Waals surface area contributed by atoms with Crippen LogP contribution in [0.5, 0.6) is 0 Å². The number of nitrogens with one attached hydrogen (secondary N) is 2. The molecule has 2 amide bonds. The molecule has 0 fully saturated rings. The predicted molar refractivity (Wildman–Crippen MR) is 145 cm³/mol. The molecule has 0 aliphatic carbocycles. The van der Waals surface area contributed by atoms with Crippen molar-refractivity contribution < 1.29 is 9.59 Å². The van der Waals surface area contributed by atoms with Gasteiger partial charge in [0.05, 0.1) is 0 Å². The van der Waals surface area contributed by atoms with Gasteiger partial charge in [0.25, 0.3) is 11.8 Å². The number of nitrogens with zero attached hydrogens (tertiary/aromatic N) is 2. The Labute approximate surface area is 235 Å². The molecule has 0 radical (unpaired) electrons. The van der Waals surface area contributed by atoms with Crippen molar-refractivity contribution in [3.63, 3.8) is 0 Å². The van der Waals surface area contributed by atoms with Crippen molar-refractivity contribution >= 4 is 93.3 Å². The number of aromatic nitrogens is 2. The first-order valence-corrected chi connectivity index (χ1v) is 13.6. The van der Waals surface area contributed by atoms with Crippen LogP contribution in [0.25, 0.3) is 0 Å². The first-order valence-electron chi connectivity index (χ1n) is 9.86. The minimum atomic E-state index is -1.84. The van der Waals surface area contributed by atoms with E-state index in [4.69, 9.17) is 58.0 Å². The van der Waals surface area contributed by atoms with E-state index < -0.39 is 25.3 Å². The molecule has 6 nitrogen and oxygen atoms in total. The molecular weight excluding hydrogens is 594 g/mol. The van der Waals surface area contributed by atoms with E-state index in [0.29, 0.717) is 16.2 Å². The quantitative estimate of drug-likeness (QED) is 0.0967. The van der Waals surface area contributed by atoms with E-state index in [-0.39, 0.29) is 11.1 Å². The third-order valence-electron chi connectivity index (χ3n) is 4.21. The van der Waals surface area contributed by atoms with Crippen molar-refractivity contribution in [3.05, 3.63) is 84.1 Å². The van der Waals surface area contributed by atoms with Gasteiger partial charge in [-0.15, -0.1) is 23.2 Å². The molecule has 0 aliphatic rings. The summed E-state index contributed by atoms with van der Waals surface area (Å²) in [5.41, 5.74) is 0.871. The fraction of sp³-hybridized carbons (Fsp3) is 0.182. The van der Waals surface area contributed by atoms with Gasteiger partial charge in [0.15, 0.2) is 5.16 Å². The third kappa shape index (κ3) is 8.89. The molecule has 3 aromatic rings. The summed E-state index contributed by atoms with van der Waals surface area (Å²) < 4.78 is -1.84. The van der Waals surface area contributed by atoms with E-state index in [1.807, 2.05) is 0 Å². The van der Waals surface area contributed by atoms with Gasteiger partial charge < -0.3 is 10.6 Å². The lowest BCUT2D eigenvalue weighted by Crippen LogP contribution is -2.41. The molecule has 0 spiro atoms. The summed E-state index contributed by atoms with van der Waals surface area (Å²) in [6.45, 7) is 0. The fourth-order valence-corrected chi connectivity index (χ4v) is 5.24. The fourth-order valence-electron chi connectivity index (χ4n) is 2.60. The van der Waals surface area contributed by atoms with Gasteiger partial charge >= 0.3 is 0 Å². The Balaban J connectivity index is 1.72. The molecule has 2 aromatic carbocycles. The van der Waals surface area contributed by atoms with Crippen LogP contribution in [-0.4, -0.2) is 41.2 Å². The van der Waals surface area contributed by atoms with E-state index >= 15 is 0 Å². The molecule has 0 aliphatic heterocycles. The zero-order chi connectivity index (χ0) is 25.4. The molecule has 0 unspecified atom stereocenters. The average Bonchev–Trinajstić information content (AvgIpc) is 2.84. The van der Waals surface area contributed by atoms with Crippen LogP contribution < -0.4 is 10.6 Å². The molecule has 1 aromatic heterocycles. The van der Waals surface area contributed by atoms with Crippen LogP contribution in [0.4, 0.5) is 0 Å². The molecule has 1 heterocycles. The Bertz CT molecular complexity index is 1140. The van der Waals surface area contributed by atoms with E-state index in [0.717, 1.165) is 23.5 Å². The Morgan fingerprint density at radius 1 is 0.800 bits per heavy atom. The first-order chi connectivity index (χ1) is 16.6. The van der Waals surface area contributed by atoms with Crippen LogP contribution in [-0.2, 0) is 0 Å². The molecular formula is C22H17Cl5N4O2S2. The second-order valence-corrected chi connectivity index (χ2v) is 12.5. The molecule has 0 saturated carbocycles. The second kappa shape index (κ2) is 13.2. The van der Waals surface area contributed by atoms with Gasteiger partial charge in [-0.25, -0.2) is 9.97 Å². The van der Waals surface area contributed by atoms with Crippen LogP contribution in [0.2, 0.25) is 0 Å². The number of benzene rings is 2. The van der Waals surface area contributed by atoms with Crippen LogP contribution in [0, 0.1) is 0 Å². The van der Waals surface area contributed by atoms with Crippen molar-refractivity contribution in [1.29, 1.82) is 0 Å². The maximum Gasteiger partial charge on any atom is 0.252 e. The molecule has 13 heteroatoms. The summed E-state index contributed by atoms with van der Waals surface area (Å²) in [6.07, 6.45) is 1.50. The van der Waals surface area contributed by atoms with Crippen molar-refractivity contribution in [2.75, 3.05) is 0 Å². The third-order valence-corrected chi connectivity index (χ3v) is 8.29. The molecule has 2 N–H and O–H groups in total. The van der Waals surface area contributed by atoms with Gasteiger partial charge in [-0.2, -0.15) is 0 Å². The Morgan fingerprint density at radius 2 is 1.34 bits per heavy atom. The Morgan fingerprint density at radius 3 is 1.86 bits per heavy atom. The summed E-state index contributed by atoms with van der Waals surface area (Å²) in [4.78, 5) is 32.8. The second-order valence-electron chi connectivity index (χ2n) is 6.77. The van der Waals surface area contributed by atoms with E-state index in [2.05, 4.69) is 20.6 Å². The van der Waals surface area contributed by atoms with Crippen LogP contribution in [0.1, 0.15) is 20.7 Å². The summed E-state index contributed by atoms with van der Waals surface area (Å²) >= 11 is 32.7. The smallest absolute Gasteiger partial charge is 0.252 e. The first kappa shape index (κ1) is 28.2. The summed E-state index contributed by atoms with van der Waals surface area (Å²) in [5, 5.41) is 4.46. The maximum absolute atomic E-state index is 12.6. The summed E-state index contributed by atoms with van der Waals surface area (Å²) in [6, 6.07) is 18.8. The molecule has 3 rings (SSSR count). The number of carbonyl (C=O) groups excluding carboxylic acids is 2. The van der Waals surface area contributed by atoms with Crippen molar-refractivity contribution in [1.82, 2.24) is 20.6 Å². The number of rotatable bonds is 9. The zero-order valence-corrected chi connectivity index (χ0v) is 23.0. The van der Waals surface area contributed by atoms with Crippen molar-refractivity contribution in [2.45, 2.75) is 29.6 Å². The largest absolute Gasteiger partial charge is 0.337 e. The predicted octanol–water partition coefficient (Wildman–Crippen LogP) is 6.35. The van der Waals surface area contributed by atoms with E-state index in [9.17, 15) is 9.59 Å². The highest BCUT2D eigenvalue weighted by Gasteiger charge is 2.35. The molecule has 2 atom stereocenters. The minimum absolute atomic E-state index is 0.275.